The van der Waals surface area contributed by atoms with Crippen LogP contribution in [0.4, 0.5) is 47.0 Å². The Kier molecular flexibility index (Phi) is 1320000. The van der Waals surface area contributed by atoms with Crippen LogP contribution in [0.5, 0.6) is 0 Å². The maximum atomic E-state index is 4.25. The minimum atomic E-state index is 0. The first-order valence-electron chi connectivity index (χ1n) is 0.816. The molecule has 0 atom stereocenters. The van der Waals surface area contributed by atoms with Gasteiger partial charge in [0, 0.05) is 14.2 Å². The van der Waals surface area contributed by atoms with Gasteiger partial charge < -0.3 is 4.74 Å². The first-order chi connectivity index (χ1) is 1.41. The predicted molar refractivity (Wildman–Crippen MR) is 38.0 cm³/mol. The molecule has 0 N–H and O–H groups in total. The average Bonchev–Trinajstić information content (AvgIpc) is 0.918. The van der Waals surface area contributed by atoms with E-state index in [-0.39, 0.29) is 47.0 Å². The van der Waals surface area contributed by atoms with Crippen LogP contribution in [0.15, 0.2) is 0 Å². The second kappa shape index (κ2) is 17500. The van der Waals surface area contributed by atoms with Crippen molar-refractivity contribution in [2.75, 3.05) is 14.2 Å². The molecule has 0 aliphatic carbocycles. The van der Waals surface area contributed by atoms with Gasteiger partial charge in [-0.05, 0) is 0 Å². The summed E-state index contributed by atoms with van der Waals surface area (Å²) < 4.78 is 4.25. The molecule has 0 saturated heterocycles. The van der Waals surface area contributed by atoms with E-state index in [2.05, 4.69) is 4.74 Å². The van der Waals surface area contributed by atoms with Crippen LogP contribution in [0, 0.1) is 0 Å². The smallest absolute Gasteiger partial charge is 0.0351 e. The summed E-state index contributed by atoms with van der Waals surface area (Å²) in [5.74, 6) is 0. The maximum absolute atomic E-state index is 4.25. The van der Waals surface area contributed by atoms with Crippen LogP contribution in [0.3, 0.4) is 0 Å². The van der Waals surface area contributed by atoms with E-state index in [9.17, 15) is 0 Å². The summed E-state index contributed by atoms with van der Waals surface area (Å²) in [6.45, 7) is 0. The number of hydrogen-bond donors (Lipinski definition) is 0. The molecule has 100 valence electrons. The van der Waals surface area contributed by atoms with Gasteiger partial charge in [-0.15, -0.1) is 0 Å². The fourth-order valence-electron chi connectivity index (χ4n) is 0. The van der Waals surface area contributed by atoms with Gasteiger partial charge in [0.2, 0.25) is 0 Å². The molecule has 0 unspecified atom stereocenters. The Bertz CT molecular complexity index is 12.9. The van der Waals surface area contributed by atoms with Crippen LogP contribution in [0.1, 0.15) is 0 Å². The number of halogens is 10. The van der Waals surface area contributed by atoms with Crippen molar-refractivity contribution in [1.29, 1.82) is 0 Å². The lowest BCUT2D eigenvalue weighted by atomic mass is 11.6. The zero-order valence-electron chi connectivity index (χ0n) is 6.49. The van der Waals surface area contributed by atoms with E-state index >= 15 is 0 Å². The monoisotopic (exact) mass is 246 g/mol. The molecular weight excluding hydrogens is 230 g/mol. The molecule has 0 saturated carbocycles. The summed E-state index contributed by atoms with van der Waals surface area (Å²) >= 11 is 0. The molecule has 0 aliphatic heterocycles. The third-order valence-electron chi connectivity index (χ3n) is 0. The summed E-state index contributed by atoms with van der Waals surface area (Å²) in [6, 6.07) is 0. The van der Waals surface area contributed by atoms with Crippen molar-refractivity contribution in [3.05, 3.63) is 0 Å². The summed E-state index contributed by atoms with van der Waals surface area (Å²) in [4.78, 5) is 0. The molecule has 0 aromatic carbocycles. The number of rotatable bonds is 0. The van der Waals surface area contributed by atoms with Crippen molar-refractivity contribution in [2.24, 2.45) is 0 Å². The molecule has 0 bridgehead atoms. The second-order valence-corrected chi connectivity index (χ2v) is 0.408. The van der Waals surface area contributed by atoms with Gasteiger partial charge in [0.15, 0.2) is 0 Å². The van der Waals surface area contributed by atoms with E-state index < -0.39 is 0 Å². The molecule has 11 heteroatoms. The van der Waals surface area contributed by atoms with Gasteiger partial charge >= 0.3 is 0 Å². The van der Waals surface area contributed by atoms with Crippen LogP contribution < -0.4 is 0 Å². The van der Waals surface area contributed by atoms with Crippen molar-refractivity contribution in [1.82, 2.24) is 0 Å². The standard InChI is InChI=1S/C2H6O.10FH/c1-3-2;;;;;;;;;;/h1-2H3;10*1H. The van der Waals surface area contributed by atoms with Crippen LogP contribution in [-0.4, -0.2) is 14.2 Å². The molecule has 0 amide bonds. The molecule has 13 heavy (non-hydrogen) atoms. The van der Waals surface area contributed by atoms with Gasteiger partial charge in [0.05, 0.1) is 0 Å². The second-order valence-electron chi connectivity index (χ2n) is 0.408. The molecular formula is C2H16F10O. The fourth-order valence-corrected chi connectivity index (χ4v) is 0. The molecule has 0 aromatic heterocycles. The van der Waals surface area contributed by atoms with E-state index in [4.69, 9.17) is 0 Å². The zero-order chi connectivity index (χ0) is 2.71. The van der Waals surface area contributed by atoms with Gasteiger partial charge in [-0.25, -0.2) is 0 Å². The molecule has 0 fully saturated rings. The highest BCUT2D eigenvalue weighted by Crippen LogP contribution is 1.28. The predicted octanol–water partition coefficient (Wildman–Crippen LogP) is 1.79. The Hall–Kier alpha value is -0.740. The molecule has 0 aliphatic rings. The van der Waals surface area contributed by atoms with Crippen LogP contribution in [0.25, 0.3) is 0 Å². The third-order valence-corrected chi connectivity index (χ3v) is 0. The number of methoxy groups -OCH3 is 1. The Labute approximate surface area is 67.5 Å². The van der Waals surface area contributed by atoms with Gasteiger partial charge in [-0.3, -0.25) is 47.0 Å². The minimum Gasteiger partial charge on any atom is -0.388 e. The fraction of sp³-hybridized carbons (Fsp3) is 1.00. The Balaban J connectivity index is -0.000000000444. The topological polar surface area (TPSA) is 9.23 Å². The van der Waals surface area contributed by atoms with Gasteiger partial charge in [0.25, 0.3) is 0 Å². The van der Waals surface area contributed by atoms with Gasteiger partial charge in [-0.1, -0.05) is 0 Å². The first kappa shape index (κ1) is 979. The van der Waals surface area contributed by atoms with Gasteiger partial charge in [0.1, 0.15) is 0 Å². The van der Waals surface area contributed by atoms with Crippen molar-refractivity contribution in [2.45, 2.75) is 0 Å². The zero-order valence-corrected chi connectivity index (χ0v) is 6.49. The highest BCUT2D eigenvalue weighted by molar-refractivity contribution is 3.56. The molecule has 0 heterocycles. The molecule has 0 radical (unpaired) electrons. The highest BCUT2D eigenvalue weighted by atomic mass is 19.0. The first-order valence-corrected chi connectivity index (χ1v) is 0.816. The SMILES string of the molecule is COC.F.F.F.F.F.F.F.F.F.F. The summed E-state index contributed by atoms with van der Waals surface area (Å²) in [5.41, 5.74) is 0. The lowest BCUT2D eigenvalue weighted by Crippen LogP contribution is -1.55. The van der Waals surface area contributed by atoms with Crippen molar-refractivity contribution >= 4 is 0 Å². The highest BCUT2D eigenvalue weighted by Gasteiger charge is 1.25. The van der Waals surface area contributed by atoms with Crippen LogP contribution in [-0.2, 0) is 4.74 Å². The lowest BCUT2D eigenvalue weighted by molar-refractivity contribution is 0.277. The largest absolute Gasteiger partial charge is 0.388 e. The average molecular weight is 246 g/mol. The Morgan fingerprint density at radius 2 is 0.385 bits per heavy atom. The Morgan fingerprint density at radius 1 is 0.385 bits per heavy atom. The summed E-state index contributed by atoms with van der Waals surface area (Å²) in [5, 5.41) is 0. The maximum Gasteiger partial charge on any atom is 0.0351 e. The number of ether oxygens (including phenoxy) is 1. The van der Waals surface area contributed by atoms with Crippen LogP contribution >= 0.6 is 0 Å². The molecule has 1 nitrogen and oxygen atoms in total. The quantitative estimate of drug-likeness (QED) is 0.592. The van der Waals surface area contributed by atoms with E-state index in [0.29, 0.717) is 0 Å². The minimum absolute atomic E-state index is 0. The van der Waals surface area contributed by atoms with E-state index in [1.54, 1.807) is 14.2 Å². The molecule has 0 aromatic rings. The molecule has 0 spiro atoms. The van der Waals surface area contributed by atoms with Gasteiger partial charge in [-0.2, -0.15) is 0 Å². The van der Waals surface area contributed by atoms with Crippen molar-refractivity contribution in [3.8, 4) is 0 Å². The summed E-state index contributed by atoms with van der Waals surface area (Å²) in [7, 11) is 3.25. The molecule has 0 rings (SSSR count). The lowest BCUT2D eigenvalue weighted by Gasteiger charge is -1.61. The Morgan fingerprint density at radius 3 is 0.385 bits per heavy atom. The van der Waals surface area contributed by atoms with Crippen molar-refractivity contribution in [3.63, 3.8) is 0 Å². The normalized spacial score (nSPS) is 1.38. The van der Waals surface area contributed by atoms with E-state index in [1.807, 2.05) is 0 Å². The van der Waals surface area contributed by atoms with E-state index in [1.165, 1.54) is 0 Å². The van der Waals surface area contributed by atoms with Crippen LogP contribution in [0.2, 0.25) is 0 Å². The number of hydrogen-bond acceptors (Lipinski definition) is 1. The summed E-state index contributed by atoms with van der Waals surface area (Å²) in [6.07, 6.45) is 0. The third kappa shape index (κ3) is 1760. The van der Waals surface area contributed by atoms with Crippen molar-refractivity contribution < 1.29 is 51.8 Å². The van der Waals surface area contributed by atoms with E-state index in [0.717, 1.165) is 0 Å².